The first-order valence-corrected chi connectivity index (χ1v) is 5.49. The molecule has 14 heavy (non-hydrogen) atoms. The lowest BCUT2D eigenvalue weighted by Gasteiger charge is -2.01. The fourth-order valence-electron chi connectivity index (χ4n) is 1.66. The van der Waals surface area contributed by atoms with Gasteiger partial charge in [-0.05, 0) is 38.2 Å². The Hall–Kier alpha value is -1.04. The van der Waals surface area contributed by atoms with Crippen molar-refractivity contribution >= 4 is 0 Å². The Morgan fingerprint density at radius 2 is 2.07 bits per heavy atom. The number of benzene rings is 1. The molecule has 0 bridgehead atoms. The molecular weight excluding hydrogens is 168 g/mol. The number of hydrogen-bond acceptors (Lipinski definition) is 0. The van der Waals surface area contributed by atoms with Crippen LogP contribution in [-0.4, -0.2) is 0 Å². The average Bonchev–Trinajstić information content (AvgIpc) is 2.18. The van der Waals surface area contributed by atoms with Gasteiger partial charge in [-0.25, -0.2) is 0 Å². The predicted molar refractivity (Wildman–Crippen MR) is 63.5 cm³/mol. The van der Waals surface area contributed by atoms with E-state index in [1.807, 2.05) is 6.08 Å². The monoisotopic (exact) mass is 188 g/mol. The molecule has 0 heterocycles. The van der Waals surface area contributed by atoms with Crippen molar-refractivity contribution < 1.29 is 0 Å². The zero-order valence-electron chi connectivity index (χ0n) is 9.13. The van der Waals surface area contributed by atoms with Crippen LogP contribution in [-0.2, 0) is 6.42 Å². The second kappa shape index (κ2) is 6.42. The maximum atomic E-state index is 3.73. The SMILES string of the molecule is C=CCCCCCc1cccc(C)c1. The molecule has 0 aliphatic rings. The van der Waals surface area contributed by atoms with Crippen LogP contribution in [0.15, 0.2) is 36.9 Å². The quantitative estimate of drug-likeness (QED) is 0.461. The van der Waals surface area contributed by atoms with Crippen LogP contribution in [0, 0.1) is 6.92 Å². The summed E-state index contributed by atoms with van der Waals surface area (Å²) >= 11 is 0. The van der Waals surface area contributed by atoms with Gasteiger partial charge in [-0.15, -0.1) is 6.58 Å². The van der Waals surface area contributed by atoms with Crippen molar-refractivity contribution in [3.05, 3.63) is 48.0 Å². The Kier molecular flexibility index (Phi) is 5.06. The molecule has 0 saturated carbocycles. The molecule has 0 unspecified atom stereocenters. The van der Waals surface area contributed by atoms with E-state index in [1.54, 1.807) is 0 Å². The van der Waals surface area contributed by atoms with Gasteiger partial charge in [-0.1, -0.05) is 42.3 Å². The first kappa shape index (κ1) is 11.0. The Morgan fingerprint density at radius 3 is 2.79 bits per heavy atom. The Bertz CT molecular complexity index is 273. The predicted octanol–water partition coefficient (Wildman–Crippen LogP) is 4.28. The van der Waals surface area contributed by atoms with Crippen molar-refractivity contribution in [3.63, 3.8) is 0 Å². The summed E-state index contributed by atoms with van der Waals surface area (Å²) in [5.74, 6) is 0. The molecule has 0 atom stereocenters. The minimum absolute atomic E-state index is 1.16. The summed E-state index contributed by atoms with van der Waals surface area (Å²) < 4.78 is 0. The summed E-state index contributed by atoms with van der Waals surface area (Å²) in [5.41, 5.74) is 2.84. The summed E-state index contributed by atoms with van der Waals surface area (Å²) in [7, 11) is 0. The molecule has 1 rings (SSSR count). The molecule has 1 aromatic carbocycles. The highest BCUT2D eigenvalue weighted by Crippen LogP contribution is 2.09. The van der Waals surface area contributed by atoms with Crippen LogP contribution in [0.5, 0.6) is 0 Å². The molecular formula is C14H20. The molecule has 0 amide bonds. The van der Waals surface area contributed by atoms with Gasteiger partial charge in [0.1, 0.15) is 0 Å². The lowest BCUT2D eigenvalue weighted by molar-refractivity contribution is 0.687. The Morgan fingerprint density at radius 1 is 1.21 bits per heavy atom. The molecule has 0 aromatic heterocycles. The van der Waals surface area contributed by atoms with E-state index >= 15 is 0 Å². The summed E-state index contributed by atoms with van der Waals surface area (Å²) in [6.07, 6.45) is 8.30. The molecule has 0 heteroatoms. The highest BCUT2D eigenvalue weighted by Gasteiger charge is 1.93. The molecule has 0 fully saturated rings. The van der Waals surface area contributed by atoms with Crippen molar-refractivity contribution in [3.8, 4) is 0 Å². The molecule has 76 valence electrons. The number of allylic oxidation sites excluding steroid dienone is 1. The van der Waals surface area contributed by atoms with Gasteiger partial charge in [0.05, 0.1) is 0 Å². The lowest BCUT2D eigenvalue weighted by Crippen LogP contribution is -1.86. The van der Waals surface area contributed by atoms with Gasteiger partial charge >= 0.3 is 0 Å². The fourth-order valence-corrected chi connectivity index (χ4v) is 1.66. The Balaban J connectivity index is 2.21. The molecule has 0 aliphatic heterocycles. The van der Waals surface area contributed by atoms with E-state index in [0.717, 1.165) is 6.42 Å². The van der Waals surface area contributed by atoms with Gasteiger partial charge < -0.3 is 0 Å². The van der Waals surface area contributed by atoms with E-state index in [4.69, 9.17) is 0 Å². The topological polar surface area (TPSA) is 0 Å². The van der Waals surface area contributed by atoms with E-state index < -0.39 is 0 Å². The van der Waals surface area contributed by atoms with Crippen LogP contribution in [0.25, 0.3) is 0 Å². The van der Waals surface area contributed by atoms with Gasteiger partial charge in [0, 0.05) is 0 Å². The van der Waals surface area contributed by atoms with Gasteiger partial charge in [-0.2, -0.15) is 0 Å². The van der Waals surface area contributed by atoms with Gasteiger partial charge in [-0.3, -0.25) is 0 Å². The van der Waals surface area contributed by atoms with Crippen LogP contribution in [0.2, 0.25) is 0 Å². The smallest absolute Gasteiger partial charge is 0.0279 e. The third-order valence-corrected chi connectivity index (χ3v) is 2.46. The number of aryl methyl sites for hydroxylation is 2. The average molecular weight is 188 g/mol. The fraction of sp³-hybridized carbons (Fsp3) is 0.429. The molecule has 0 N–H and O–H groups in total. The number of rotatable bonds is 6. The zero-order valence-corrected chi connectivity index (χ0v) is 9.13. The lowest BCUT2D eigenvalue weighted by atomic mass is 10.0. The van der Waals surface area contributed by atoms with Gasteiger partial charge in [0.25, 0.3) is 0 Å². The highest BCUT2D eigenvalue weighted by molar-refractivity contribution is 5.22. The van der Waals surface area contributed by atoms with Crippen LogP contribution in [0.1, 0.15) is 36.8 Å². The van der Waals surface area contributed by atoms with E-state index in [9.17, 15) is 0 Å². The molecule has 0 saturated heterocycles. The Labute approximate surface area is 87.7 Å². The summed E-state index contributed by atoms with van der Waals surface area (Å²) in [5, 5.41) is 0. The molecule has 1 aromatic rings. The third-order valence-electron chi connectivity index (χ3n) is 2.46. The van der Waals surface area contributed by atoms with Gasteiger partial charge in [0.2, 0.25) is 0 Å². The van der Waals surface area contributed by atoms with Crippen molar-refractivity contribution in [2.24, 2.45) is 0 Å². The van der Waals surface area contributed by atoms with E-state index in [0.29, 0.717) is 0 Å². The third kappa shape index (κ3) is 4.27. The van der Waals surface area contributed by atoms with Gasteiger partial charge in [0.15, 0.2) is 0 Å². The maximum absolute atomic E-state index is 3.73. The van der Waals surface area contributed by atoms with Crippen LogP contribution in [0.3, 0.4) is 0 Å². The number of unbranched alkanes of at least 4 members (excludes halogenated alkanes) is 3. The van der Waals surface area contributed by atoms with E-state index in [-0.39, 0.29) is 0 Å². The minimum Gasteiger partial charge on any atom is -0.103 e. The molecule has 0 aliphatic carbocycles. The first-order valence-electron chi connectivity index (χ1n) is 5.49. The summed E-state index contributed by atoms with van der Waals surface area (Å²) in [6.45, 7) is 5.88. The van der Waals surface area contributed by atoms with Crippen molar-refractivity contribution in [1.82, 2.24) is 0 Å². The van der Waals surface area contributed by atoms with E-state index in [1.165, 1.54) is 36.8 Å². The molecule has 0 nitrogen and oxygen atoms in total. The second-order valence-corrected chi connectivity index (χ2v) is 3.88. The van der Waals surface area contributed by atoms with Crippen molar-refractivity contribution in [2.45, 2.75) is 39.0 Å². The number of hydrogen-bond donors (Lipinski definition) is 0. The summed E-state index contributed by atoms with van der Waals surface area (Å²) in [4.78, 5) is 0. The normalized spacial score (nSPS) is 10.1. The van der Waals surface area contributed by atoms with E-state index in [2.05, 4.69) is 37.8 Å². The minimum atomic E-state index is 1.16. The van der Waals surface area contributed by atoms with Crippen molar-refractivity contribution in [1.29, 1.82) is 0 Å². The maximum Gasteiger partial charge on any atom is -0.0279 e. The second-order valence-electron chi connectivity index (χ2n) is 3.88. The van der Waals surface area contributed by atoms with Crippen LogP contribution < -0.4 is 0 Å². The van der Waals surface area contributed by atoms with Crippen LogP contribution in [0.4, 0.5) is 0 Å². The zero-order chi connectivity index (χ0) is 10.2. The standard InChI is InChI=1S/C14H20/c1-3-4-5-6-7-10-14-11-8-9-13(2)12-14/h3,8-9,11-12H,1,4-7,10H2,2H3. The highest BCUT2D eigenvalue weighted by atomic mass is 14.0. The largest absolute Gasteiger partial charge is 0.103 e. The summed E-state index contributed by atoms with van der Waals surface area (Å²) in [6, 6.07) is 8.81. The first-order chi connectivity index (χ1) is 6.83. The molecule has 0 spiro atoms. The van der Waals surface area contributed by atoms with Crippen LogP contribution >= 0.6 is 0 Å². The molecule has 0 radical (unpaired) electrons. The van der Waals surface area contributed by atoms with Crippen molar-refractivity contribution in [2.75, 3.05) is 0 Å².